The van der Waals surface area contributed by atoms with Gasteiger partial charge in [0.25, 0.3) is 0 Å². The summed E-state index contributed by atoms with van der Waals surface area (Å²) < 4.78 is 0. The zero-order chi connectivity index (χ0) is 13.0. The first kappa shape index (κ1) is 14.3. The normalized spacial score (nSPS) is 29.0. The molecular weight excluding hydrogens is 222 g/mol. The lowest BCUT2D eigenvalue weighted by atomic mass is 9.83. The first-order valence-electron chi connectivity index (χ1n) is 7.79. The fraction of sp³-hybridized carbons (Fsp3) is 1.00. The number of likely N-dealkylation sites (tertiary alicyclic amines) is 1. The Kier molecular flexibility index (Phi) is 5.46. The van der Waals surface area contributed by atoms with E-state index in [9.17, 15) is 0 Å². The molecule has 106 valence electrons. The van der Waals surface area contributed by atoms with Crippen molar-refractivity contribution in [3.05, 3.63) is 0 Å². The van der Waals surface area contributed by atoms with Crippen molar-refractivity contribution in [2.75, 3.05) is 40.3 Å². The second-order valence-corrected chi connectivity index (χ2v) is 6.56. The Bertz CT molecular complexity index is 238. The van der Waals surface area contributed by atoms with Crippen molar-refractivity contribution in [3.63, 3.8) is 0 Å². The summed E-state index contributed by atoms with van der Waals surface area (Å²) in [7, 11) is 4.53. The van der Waals surface area contributed by atoms with E-state index in [1.807, 2.05) is 0 Å². The topological polar surface area (TPSA) is 32.5 Å². The number of nitrogens with zero attached hydrogens (tertiary/aromatic N) is 2. The van der Waals surface area contributed by atoms with Gasteiger partial charge in [0.15, 0.2) is 0 Å². The quantitative estimate of drug-likeness (QED) is 0.810. The highest BCUT2D eigenvalue weighted by Crippen LogP contribution is 2.29. The molecule has 2 aliphatic rings. The maximum atomic E-state index is 6.05. The average Bonchev–Trinajstić information content (AvgIpc) is 2.77. The van der Waals surface area contributed by atoms with E-state index in [0.29, 0.717) is 6.04 Å². The van der Waals surface area contributed by atoms with E-state index < -0.39 is 0 Å². The summed E-state index contributed by atoms with van der Waals surface area (Å²) in [4.78, 5) is 5.02. The van der Waals surface area contributed by atoms with Crippen LogP contribution in [-0.4, -0.2) is 56.1 Å². The predicted octanol–water partition coefficient (Wildman–Crippen LogP) is 1.78. The monoisotopic (exact) mass is 253 g/mol. The van der Waals surface area contributed by atoms with Crippen LogP contribution in [0.3, 0.4) is 0 Å². The van der Waals surface area contributed by atoms with E-state index >= 15 is 0 Å². The van der Waals surface area contributed by atoms with E-state index in [4.69, 9.17) is 5.73 Å². The molecule has 2 fully saturated rings. The van der Waals surface area contributed by atoms with Crippen molar-refractivity contribution in [1.82, 2.24) is 9.80 Å². The minimum absolute atomic E-state index is 0.621. The third-order valence-corrected chi connectivity index (χ3v) is 5.04. The van der Waals surface area contributed by atoms with Gasteiger partial charge in [-0.15, -0.1) is 0 Å². The Morgan fingerprint density at radius 3 is 2.50 bits per heavy atom. The summed E-state index contributed by atoms with van der Waals surface area (Å²) >= 11 is 0. The summed E-state index contributed by atoms with van der Waals surface area (Å²) in [6, 6.07) is 0.621. The summed E-state index contributed by atoms with van der Waals surface area (Å²) in [5.74, 6) is 1.71. The van der Waals surface area contributed by atoms with Crippen LogP contribution < -0.4 is 5.73 Å². The van der Waals surface area contributed by atoms with Crippen molar-refractivity contribution < 1.29 is 0 Å². The minimum Gasteiger partial charge on any atom is -0.329 e. The van der Waals surface area contributed by atoms with Crippen LogP contribution in [-0.2, 0) is 0 Å². The standard InChI is InChI=1S/C15H31N3/c1-17-9-8-13(11-17)12-18(2)15(10-16)14-6-4-3-5-7-14/h13-15H,3-12,16H2,1-2H3. The van der Waals surface area contributed by atoms with Gasteiger partial charge in [-0.05, 0) is 51.7 Å². The van der Waals surface area contributed by atoms with Gasteiger partial charge in [0.05, 0.1) is 0 Å². The predicted molar refractivity (Wildman–Crippen MR) is 77.7 cm³/mol. The minimum atomic E-state index is 0.621. The lowest BCUT2D eigenvalue weighted by Gasteiger charge is -2.37. The van der Waals surface area contributed by atoms with E-state index in [1.165, 1.54) is 58.2 Å². The Labute approximate surface area is 113 Å². The summed E-state index contributed by atoms with van der Waals surface area (Å²) in [6.07, 6.45) is 8.43. The molecule has 1 heterocycles. The molecule has 3 heteroatoms. The average molecular weight is 253 g/mol. The first-order valence-corrected chi connectivity index (χ1v) is 7.79. The molecule has 2 atom stereocenters. The molecule has 0 aromatic carbocycles. The maximum absolute atomic E-state index is 6.05. The fourth-order valence-electron chi connectivity index (χ4n) is 3.97. The zero-order valence-electron chi connectivity index (χ0n) is 12.3. The summed E-state index contributed by atoms with van der Waals surface area (Å²) in [6.45, 7) is 4.62. The molecule has 0 aromatic rings. The van der Waals surface area contributed by atoms with Gasteiger partial charge in [-0.1, -0.05) is 19.3 Å². The van der Waals surface area contributed by atoms with Crippen LogP contribution in [0.25, 0.3) is 0 Å². The van der Waals surface area contributed by atoms with Gasteiger partial charge in [0.1, 0.15) is 0 Å². The highest BCUT2D eigenvalue weighted by molar-refractivity contribution is 4.84. The Balaban J connectivity index is 1.82. The molecule has 2 rings (SSSR count). The lowest BCUT2D eigenvalue weighted by molar-refractivity contribution is 0.132. The molecule has 1 saturated heterocycles. The molecule has 2 unspecified atom stereocenters. The Hall–Kier alpha value is -0.120. The van der Waals surface area contributed by atoms with E-state index in [2.05, 4.69) is 23.9 Å². The zero-order valence-corrected chi connectivity index (χ0v) is 12.3. The Morgan fingerprint density at radius 2 is 1.94 bits per heavy atom. The third-order valence-electron chi connectivity index (χ3n) is 5.04. The van der Waals surface area contributed by atoms with E-state index in [-0.39, 0.29) is 0 Å². The molecule has 0 spiro atoms. The SMILES string of the molecule is CN1CCC(CN(C)C(CN)C2CCCCC2)C1. The van der Waals surface area contributed by atoms with Crippen molar-refractivity contribution in [3.8, 4) is 0 Å². The Morgan fingerprint density at radius 1 is 1.22 bits per heavy atom. The molecule has 1 saturated carbocycles. The van der Waals surface area contributed by atoms with Gasteiger partial charge < -0.3 is 15.5 Å². The number of hydrogen-bond donors (Lipinski definition) is 1. The largest absolute Gasteiger partial charge is 0.329 e. The molecule has 1 aliphatic heterocycles. The number of likely N-dealkylation sites (N-methyl/N-ethyl adjacent to an activating group) is 1. The molecule has 1 aliphatic carbocycles. The maximum Gasteiger partial charge on any atom is 0.0243 e. The van der Waals surface area contributed by atoms with Gasteiger partial charge in [0, 0.05) is 25.7 Å². The number of hydrogen-bond acceptors (Lipinski definition) is 3. The van der Waals surface area contributed by atoms with Crippen molar-refractivity contribution >= 4 is 0 Å². The first-order chi connectivity index (χ1) is 8.70. The van der Waals surface area contributed by atoms with Gasteiger partial charge in [-0.2, -0.15) is 0 Å². The van der Waals surface area contributed by atoms with Crippen molar-refractivity contribution in [2.24, 2.45) is 17.6 Å². The van der Waals surface area contributed by atoms with Crippen LogP contribution in [0.5, 0.6) is 0 Å². The third kappa shape index (κ3) is 3.69. The van der Waals surface area contributed by atoms with Crippen LogP contribution >= 0.6 is 0 Å². The van der Waals surface area contributed by atoms with Crippen LogP contribution in [0.4, 0.5) is 0 Å². The van der Waals surface area contributed by atoms with Crippen LogP contribution in [0.15, 0.2) is 0 Å². The second-order valence-electron chi connectivity index (χ2n) is 6.56. The number of rotatable bonds is 5. The fourth-order valence-corrected chi connectivity index (χ4v) is 3.97. The van der Waals surface area contributed by atoms with Crippen LogP contribution in [0.2, 0.25) is 0 Å². The molecule has 0 amide bonds. The highest BCUT2D eigenvalue weighted by Gasteiger charge is 2.28. The van der Waals surface area contributed by atoms with Crippen LogP contribution in [0, 0.1) is 11.8 Å². The van der Waals surface area contributed by atoms with Gasteiger partial charge in [-0.25, -0.2) is 0 Å². The van der Waals surface area contributed by atoms with Crippen molar-refractivity contribution in [2.45, 2.75) is 44.6 Å². The number of nitrogens with two attached hydrogens (primary N) is 1. The molecule has 18 heavy (non-hydrogen) atoms. The smallest absolute Gasteiger partial charge is 0.0243 e. The van der Waals surface area contributed by atoms with Gasteiger partial charge in [0.2, 0.25) is 0 Å². The summed E-state index contributed by atoms with van der Waals surface area (Å²) in [5.41, 5.74) is 6.05. The van der Waals surface area contributed by atoms with Crippen molar-refractivity contribution in [1.29, 1.82) is 0 Å². The van der Waals surface area contributed by atoms with Gasteiger partial charge >= 0.3 is 0 Å². The molecule has 0 radical (unpaired) electrons. The molecular formula is C15H31N3. The highest BCUT2D eigenvalue weighted by atomic mass is 15.2. The van der Waals surface area contributed by atoms with Gasteiger partial charge in [-0.3, -0.25) is 0 Å². The van der Waals surface area contributed by atoms with Crippen LogP contribution in [0.1, 0.15) is 38.5 Å². The van der Waals surface area contributed by atoms with E-state index in [0.717, 1.165) is 18.4 Å². The molecule has 3 nitrogen and oxygen atoms in total. The second kappa shape index (κ2) is 6.88. The van der Waals surface area contributed by atoms with E-state index in [1.54, 1.807) is 0 Å². The summed E-state index contributed by atoms with van der Waals surface area (Å²) in [5, 5.41) is 0. The lowest BCUT2D eigenvalue weighted by Crippen LogP contribution is -2.46. The molecule has 0 bridgehead atoms. The molecule has 0 aromatic heterocycles. The molecule has 2 N–H and O–H groups in total.